The van der Waals surface area contributed by atoms with E-state index in [9.17, 15) is 0 Å². The van der Waals surface area contributed by atoms with E-state index in [1.54, 1.807) is 26.6 Å². The lowest BCUT2D eigenvalue weighted by molar-refractivity contribution is 0.186. The fourth-order valence-corrected chi connectivity index (χ4v) is 4.14. The van der Waals surface area contributed by atoms with Crippen LogP contribution in [0.2, 0.25) is 0 Å². The SMILES string of the molecule is COc1ccc(OC)c([C@@H]2CCCN2Cn2nc(-c3ccncc3)n(C)c2=S)c1. The van der Waals surface area contributed by atoms with E-state index in [0.29, 0.717) is 11.4 Å². The lowest BCUT2D eigenvalue weighted by Crippen LogP contribution is -2.27. The molecule has 29 heavy (non-hydrogen) atoms. The molecule has 0 amide bonds. The molecule has 1 fully saturated rings. The van der Waals surface area contributed by atoms with Crippen molar-refractivity contribution in [2.24, 2.45) is 7.05 Å². The van der Waals surface area contributed by atoms with Crippen LogP contribution in [0.25, 0.3) is 11.4 Å². The first-order valence-electron chi connectivity index (χ1n) is 9.62. The predicted molar refractivity (Wildman–Crippen MR) is 113 cm³/mol. The van der Waals surface area contributed by atoms with E-state index in [1.807, 2.05) is 40.6 Å². The van der Waals surface area contributed by atoms with Gasteiger partial charge in [0.1, 0.15) is 11.5 Å². The molecule has 8 heteroatoms. The lowest BCUT2D eigenvalue weighted by Gasteiger charge is -2.26. The zero-order chi connectivity index (χ0) is 20.4. The highest BCUT2D eigenvalue weighted by Crippen LogP contribution is 2.39. The first-order valence-corrected chi connectivity index (χ1v) is 10.0. The molecule has 1 aliphatic heterocycles. The highest BCUT2D eigenvalue weighted by atomic mass is 32.1. The third-order valence-corrected chi connectivity index (χ3v) is 5.94. The second kappa shape index (κ2) is 8.34. The van der Waals surface area contributed by atoms with Crippen molar-refractivity contribution in [1.29, 1.82) is 0 Å². The normalized spacial score (nSPS) is 16.9. The molecule has 3 aromatic rings. The van der Waals surface area contributed by atoms with E-state index in [2.05, 4.69) is 16.0 Å². The van der Waals surface area contributed by atoms with Crippen LogP contribution in [0, 0.1) is 4.77 Å². The van der Waals surface area contributed by atoms with Crippen molar-refractivity contribution in [3.63, 3.8) is 0 Å². The molecule has 1 atom stereocenters. The Kier molecular flexibility index (Phi) is 5.64. The van der Waals surface area contributed by atoms with E-state index in [4.69, 9.17) is 26.8 Å². The summed E-state index contributed by atoms with van der Waals surface area (Å²) >= 11 is 5.67. The van der Waals surface area contributed by atoms with Crippen molar-refractivity contribution < 1.29 is 9.47 Å². The van der Waals surface area contributed by atoms with Gasteiger partial charge in [0.05, 0.1) is 20.9 Å². The van der Waals surface area contributed by atoms with Gasteiger partial charge in [-0.05, 0) is 55.4 Å². The summed E-state index contributed by atoms with van der Waals surface area (Å²) in [6.07, 6.45) is 5.70. The van der Waals surface area contributed by atoms with Crippen molar-refractivity contribution in [1.82, 2.24) is 24.2 Å². The average molecular weight is 412 g/mol. The highest BCUT2D eigenvalue weighted by Gasteiger charge is 2.29. The van der Waals surface area contributed by atoms with Gasteiger partial charge < -0.3 is 14.0 Å². The van der Waals surface area contributed by atoms with Crippen molar-refractivity contribution in [2.45, 2.75) is 25.6 Å². The number of methoxy groups -OCH3 is 2. The van der Waals surface area contributed by atoms with Crippen molar-refractivity contribution in [3.05, 3.63) is 53.1 Å². The van der Waals surface area contributed by atoms with Crippen LogP contribution < -0.4 is 9.47 Å². The third kappa shape index (κ3) is 3.77. The number of pyridine rings is 1. The van der Waals surface area contributed by atoms with Gasteiger partial charge in [0.25, 0.3) is 0 Å². The molecule has 0 radical (unpaired) electrons. The second-order valence-electron chi connectivity index (χ2n) is 7.12. The van der Waals surface area contributed by atoms with E-state index in [1.165, 1.54) is 0 Å². The van der Waals surface area contributed by atoms with Crippen LogP contribution in [-0.4, -0.2) is 45.0 Å². The van der Waals surface area contributed by atoms with Gasteiger partial charge in [-0.3, -0.25) is 9.88 Å². The Morgan fingerprint density at radius 2 is 1.93 bits per heavy atom. The molecule has 0 saturated carbocycles. The summed E-state index contributed by atoms with van der Waals surface area (Å²) in [7, 11) is 5.35. The van der Waals surface area contributed by atoms with Gasteiger partial charge in [0.15, 0.2) is 10.6 Å². The predicted octanol–water partition coefficient (Wildman–Crippen LogP) is 3.82. The number of aromatic nitrogens is 4. The third-order valence-electron chi connectivity index (χ3n) is 5.45. The van der Waals surface area contributed by atoms with Gasteiger partial charge in [-0.1, -0.05) is 0 Å². The maximum atomic E-state index is 5.67. The Morgan fingerprint density at radius 3 is 2.66 bits per heavy atom. The van der Waals surface area contributed by atoms with Crippen LogP contribution in [0.15, 0.2) is 42.7 Å². The summed E-state index contributed by atoms with van der Waals surface area (Å²) in [5, 5.41) is 4.80. The topological polar surface area (TPSA) is 57.3 Å². The molecular formula is C21H25N5O2S. The van der Waals surface area contributed by atoms with E-state index in [0.717, 1.165) is 47.8 Å². The molecule has 0 aliphatic carbocycles. The molecule has 0 N–H and O–H groups in total. The number of benzene rings is 1. The number of nitrogens with zero attached hydrogens (tertiary/aromatic N) is 5. The molecule has 7 nitrogen and oxygen atoms in total. The molecule has 3 heterocycles. The first-order chi connectivity index (χ1) is 14.1. The monoisotopic (exact) mass is 411 g/mol. The molecule has 4 rings (SSSR count). The van der Waals surface area contributed by atoms with Gasteiger partial charge in [0, 0.05) is 43.2 Å². The van der Waals surface area contributed by atoms with Crippen LogP contribution in [0.4, 0.5) is 0 Å². The van der Waals surface area contributed by atoms with Crippen molar-refractivity contribution >= 4 is 12.2 Å². The standard InChI is InChI=1S/C21H25N5O2S/c1-24-20(15-8-10-22-11-9-15)23-26(21(24)29)14-25-12-4-5-18(25)17-13-16(27-2)6-7-19(17)28-3/h6-11,13,18H,4-5,12,14H2,1-3H3/t18-/m0/s1. The molecule has 1 saturated heterocycles. The molecule has 0 bridgehead atoms. The summed E-state index contributed by atoms with van der Waals surface area (Å²) in [4.78, 5) is 6.49. The Balaban J connectivity index is 1.64. The van der Waals surface area contributed by atoms with Crippen LogP contribution in [0.1, 0.15) is 24.4 Å². The van der Waals surface area contributed by atoms with Gasteiger partial charge in [-0.25, -0.2) is 4.68 Å². The van der Waals surface area contributed by atoms with Crippen LogP contribution in [0.5, 0.6) is 11.5 Å². The molecule has 2 aromatic heterocycles. The summed E-state index contributed by atoms with van der Waals surface area (Å²) in [6, 6.07) is 10.1. The lowest BCUT2D eigenvalue weighted by atomic mass is 10.0. The van der Waals surface area contributed by atoms with Crippen molar-refractivity contribution in [2.75, 3.05) is 20.8 Å². The van der Waals surface area contributed by atoms with E-state index >= 15 is 0 Å². The number of hydrogen-bond donors (Lipinski definition) is 0. The minimum atomic E-state index is 0.230. The van der Waals surface area contributed by atoms with Crippen LogP contribution >= 0.6 is 12.2 Å². The fraction of sp³-hybridized carbons (Fsp3) is 0.381. The fourth-order valence-electron chi connectivity index (χ4n) is 3.95. The Bertz CT molecular complexity index is 1050. The number of ether oxygens (including phenoxy) is 2. The zero-order valence-corrected chi connectivity index (χ0v) is 17.7. The largest absolute Gasteiger partial charge is 0.497 e. The molecular weight excluding hydrogens is 386 g/mol. The van der Waals surface area contributed by atoms with Gasteiger partial charge in [-0.15, -0.1) is 0 Å². The molecule has 1 aliphatic rings. The maximum Gasteiger partial charge on any atom is 0.199 e. The van der Waals surface area contributed by atoms with Crippen LogP contribution in [0.3, 0.4) is 0 Å². The summed E-state index contributed by atoms with van der Waals surface area (Å²) in [6.45, 7) is 1.61. The Labute approximate surface area is 175 Å². The minimum Gasteiger partial charge on any atom is -0.497 e. The van der Waals surface area contributed by atoms with E-state index in [-0.39, 0.29) is 6.04 Å². The number of rotatable bonds is 6. The first kappa shape index (κ1) is 19.6. The number of likely N-dealkylation sites (tertiary alicyclic amines) is 1. The smallest absolute Gasteiger partial charge is 0.199 e. The van der Waals surface area contributed by atoms with E-state index < -0.39 is 0 Å². The molecule has 0 spiro atoms. The Hall–Kier alpha value is -2.71. The quantitative estimate of drug-likeness (QED) is 0.575. The van der Waals surface area contributed by atoms with Gasteiger partial charge >= 0.3 is 0 Å². The number of hydrogen-bond acceptors (Lipinski definition) is 6. The van der Waals surface area contributed by atoms with Crippen molar-refractivity contribution in [3.8, 4) is 22.9 Å². The highest BCUT2D eigenvalue weighted by molar-refractivity contribution is 7.71. The summed E-state index contributed by atoms with van der Waals surface area (Å²) in [5.41, 5.74) is 2.14. The molecule has 0 unspecified atom stereocenters. The van der Waals surface area contributed by atoms with Gasteiger partial charge in [0.2, 0.25) is 0 Å². The summed E-state index contributed by atoms with van der Waals surface area (Å²) < 4.78 is 15.6. The zero-order valence-electron chi connectivity index (χ0n) is 16.9. The molecule has 1 aromatic carbocycles. The molecule has 152 valence electrons. The second-order valence-corrected chi connectivity index (χ2v) is 7.49. The minimum absolute atomic E-state index is 0.230. The van der Waals surface area contributed by atoms with Crippen LogP contribution in [-0.2, 0) is 13.7 Å². The summed E-state index contributed by atoms with van der Waals surface area (Å²) in [5.74, 6) is 2.55. The Morgan fingerprint density at radius 1 is 1.14 bits per heavy atom. The van der Waals surface area contributed by atoms with Gasteiger partial charge in [-0.2, -0.15) is 5.10 Å². The average Bonchev–Trinajstić information content (AvgIpc) is 3.34. The maximum absolute atomic E-state index is 5.67.